The van der Waals surface area contributed by atoms with Gasteiger partial charge in [-0.05, 0) is 119 Å². The van der Waals surface area contributed by atoms with Crippen LogP contribution in [0.1, 0.15) is 161 Å². The second kappa shape index (κ2) is 15.2. The molecular weight excluding hydrogens is 656 g/mol. The van der Waals surface area contributed by atoms with Crippen molar-refractivity contribution in [3.63, 3.8) is 0 Å². The summed E-state index contributed by atoms with van der Waals surface area (Å²) in [5.41, 5.74) is 16.8. The second-order valence-electron chi connectivity index (χ2n) is 14.1. The number of carbonyl (C=O) groups is 2. The van der Waals surface area contributed by atoms with Crippen LogP contribution in [-0.4, -0.2) is 52.3 Å². The van der Waals surface area contributed by atoms with E-state index in [2.05, 4.69) is 30.7 Å². The van der Waals surface area contributed by atoms with Crippen LogP contribution in [0.3, 0.4) is 0 Å². The van der Waals surface area contributed by atoms with Gasteiger partial charge in [0.2, 0.25) is 0 Å². The molecule has 0 fully saturated rings. The van der Waals surface area contributed by atoms with Gasteiger partial charge in [0.1, 0.15) is 0 Å². The fourth-order valence-corrected chi connectivity index (χ4v) is 8.52. The molecule has 5 heterocycles. The molecule has 0 amide bonds. The van der Waals surface area contributed by atoms with Crippen LogP contribution in [0.2, 0.25) is 0 Å². The first-order valence-corrected chi connectivity index (χ1v) is 18.7. The lowest BCUT2D eigenvalue weighted by atomic mass is 9.92. The highest BCUT2D eigenvalue weighted by atomic mass is 16.4. The minimum Gasteiger partial charge on any atom is -0.481 e. The number of carboxylic acid groups (broad SMARTS) is 2. The molecule has 2 aliphatic rings. The van der Waals surface area contributed by atoms with E-state index in [-0.39, 0.29) is 25.7 Å². The van der Waals surface area contributed by atoms with Crippen LogP contribution < -0.4 is 0 Å². The molecule has 0 saturated carbocycles. The fraction of sp³-hybridized carbons (Fsp3) is 0.476. The smallest absolute Gasteiger partial charge is 0.303 e. The lowest BCUT2D eigenvalue weighted by Gasteiger charge is -2.11. The highest BCUT2D eigenvalue weighted by Crippen LogP contribution is 2.44. The van der Waals surface area contributed by atoms with Gasteiger partial charge in [-0.25, -0.2) is 9.97 Å². The van der Waals surface area contributed by atoms with Gasteiger partial charge in [0.15, 0.2) is 0 Å². The molecule has 6 N–H and O–H groups in total. The zero-order valence-corrected chi connectivity index (χ0v) is 32.3. The monoisotopic (exact) mass is 710 g/mol. The molecule has 278 valence electrons. The van der Waals surface area contributed by atoms with E-state index < -0.39 is 24.1 Å². The Morgan fingerprint density at radius 2 is 0.904 bits per heavy atom. The number of H-pyrrole nitrogens is 2. The van der Waals surface area contributed by atoms with Gasteiger partial charge < -0.3 is 30.4 Å². The number of hydrogen-bond donors (Lipinski definition) is 6. The first-order valence-electron chi connectivity index (χ1n) is 18.7. The zero-order valence-electron chi connectivity index (χ0n) is 32.3. The quantitative estimate of drug-likeness (QED) is 0.108. The van der Waals surface area contributed by atoms with Crippen LogP contribution in [0.15, 0.2) is 0 Å². The van der Waals surface area contributed by atoms with Gasteiger partial charge >= 0.3 is 11.9 Å². The summed E-state index contributed by atoms with van der Waals surface area (Å²) in [6.45, 7) is 19.8. The minimum atomic E-state index is -0.904. The van der Waals surface area contributed by atoms with E-state index in [1.807, 2.05) is 34.6 Å². The summed E-state index contributed by atoms with van der Waals surface area (Å²) in [5.74, 6) is -1.81. The number of hydrogen-bond acceptors (Lipinski definition) is 6. The van der Waals surface area contributed by atoms with Crippen LogP contribution in [-0.2, 0) is 35.3 Å². The Labute approximate surface area is 305 Å². The molecule has 2 aliphatic heterocycles. The fourth-order valence-electron chi connectivity index (χ4n) is 8.52. The Kier molecular flexibility index (Phi) is 11.3. The van der Waals surface area contributed by atoms with Gasteiger partial charge in [-0.3, -0.25) is 9.59 Å². The van der Waals surface area contributed by atoms with Crippen LogP contribution >= 0.6 is 0 Å². The van der Waals surface area contributed by atoms with Crippen molar-refractivity contribution >= 4 is 56.3 Å². The Bertz CT molecular complexity index is 2200. The van der Waals surface area contributed by atoms with E-state index in [0.717, 1.165) is 100 Å². The SMILES string of the molecule is CCc1c2nc(c(CC)c3[nH]c(c(C(C)O)c3C)c(CC)c3[nH]c(c(CC)c4nc1C(CCC(=O)O)=C4C)c(C(C)O)c3C)C(C)=C2CCC(=O)O. The number of carboxylic acids is 2. The Morgan fingerprint density at radius 1 is 0.558 bits per heavy atom. The van der Waals surface area contributed by atoms with E-state index in [1.165, 1.54) is 0 Å². The summed E-state index contributed by atoms with van der Waals surface area (Å²) >= 11 is 0. The van der Waals surface area contributed by atoms with Gasteiger partial charge in [-0.1, -0.05) is 27.7 Å². The summed E-state index contributed by atoms with van der Waals surface area (Å²) in [5, 5.41) is 42.2. The van der Waals surface area contributed by atoms with Gasteiger partial charge in [-0.15, -0.1) is 0 Å². The maximum Gasteiger partial charge on any atom is 0.303 e. The number of aliphatic carboxylic acids is 2. The molecule has 10 nitrogen and oxygen atoms in total. The summed E-state index contributed by atoms with van der Waals surface area (Å²) in [4.78, 5) is 42.1. The third-order valence-electron chi connectivity index (χ3n) is 11.0. The normalized spacial score (nSPS) is 14.4. The Morgan fingerprint density at radius 3 is 1.25 bits per heavy atom. The summed E-state index contributed by atoms with van der Waals surface area (Å²) in [6, 6.07) is 0. The summed E-state index contributed by atoms with van der Waals surface area (Å²) in [6.07, 6.45) is 1.18. The first-order chi connectivity index (χ1) is 24.6. The maximum absolute atomic E-state index is 12.0. The average molecular weight is 711 g/mol. The molecule has 0 aliphatic carbocycles. The second-order valence-corrected chi connectivity index (χ2v) is 14.1. The zero-order chi connectivity index (χ0) is 38.3. The molecule has 2 unspecified atom stereocenters. The number of nitrogens with one attached hydrogen (secondary N) is 2. The first kappa shape index (κ1) is 38.7. The molecule has 52 heavy (non-hydrogen) atoms. The topological polar surface area (TPSA) is 172 Å². The summed E-state index contributed by atoms with van der Waals surface area (Å²) < 4.78 is 0. The van der Waals surface area contributed by atoms with Crippen LogP contribution in [0.25, 0.3) is 44.4 Å². The predicted octanol–water partition coefficient (Wildman–Crippen LogP) is 8.88. The number of aromatic nitrogens is 4. The number of aliphatic hydroxyl groups is 2. The number of aryl methyl sites for hydroxylation is 5. The average Bonchev–Trinajstić information content (AvgIpc) is 3.79. The van der Waals surface area contributed by atoms with E-state index in [4.69, 9.17) is 9.97 Å². The molecule has 10 heteroatoms. The highest BCUT2D eigenvalue weighted by molar-refractivity contribution is 5.99. The molecular formula is C42H54N4O6. The number of fused-ring (bicyclic) bond motifs is 8. The number of rotatable bonds is 12. The Hall–Kier alpha value is -4.54. The van der Waals surface area contributed by atoms with Gasteiger partial charge in [0.05, 0.1) is 40.5 Å². The third-order valence-corrected chi connectivity index (χ3v) is 11.0. The standard InChI is InChI=1S/C42H54N4O6/c1-11-25-35-19(5)29(15-17-31(49)50)39(43-35)28(14-4)40-30(16-18-32(51)52)20(6)36(44-40)26(12-2)41-34(24(10)48)22(8)38(46-41)27(13-3)42-33(23(9)47)21(7)37(25)45-42/h23-24,45-48H,11-18H2,1-10H3,(H,49,50)(H,51,52). The predicted molar refractivity (Wildman–Crippen MR) is 208 cm³/mol. The number of aliphatic hydroxyl groups excluding tert-OH is 2. The van der Waals surface area contributed by atoms with Crippen LogP contribution in [0.5, 0.6) is 0 Å². The molecule has 8 bridgehead atoms. The van der Waals surface area contributed by atoms with Gasteiger partial charge in [0.25, 0.3) is 0 Å². The van der Waals surface area contributed by atoms with Crippen molar-refractivity contribution in [3.8, 4) is 0 Å². The van der Waals surface area contributed by atoms with Crippen molar-refractivity contribution in [2.75, 3.05) is 0 Å². The number of aromatic amines is 2. The molecule has 2 atom stereocenters. The molecule has 3 aromatic rings. The van der Waals surface area contributed by atoms with Crippen LogP contribution in [0.4, 0.5) is 0 Å². The van der Waals surface area contributed by atoms with Crippen molar-refractivity contribution in [2.24, 2.45) is 0 Å². The third kappa shape index (κ3) is 6.51. The van der Waals surface area contributed by atoms with E-state index in [1.54, 1.807) is 13.8 Å². The number of allylic oxidation sites excluding steroid dienone is 4. The molecule has 0 spiro atoms. The van der Waals surface area contributed by atoms with Crippen molar-refractivity contribution < 1.29 is 30.0 Å². The molecule has 0 aromatic carbocycles. The largest absolute Gasteiger partial charge is 0.481 e. The maximum atomic E-state index is 12.0. The van der Waals surface area contributed by atoms with Gasteiger partial charge in [-0.2, -0.15) is 0 Å². The Balaban J connectivity index is 2.20. The summed E-state index contributed by atoms with van der Waals surface area (Å²) in [7, 11) is 0. The van der Waals surface area contributed by atoms with Crippen molar-refractivity contribution in [2.45, 2.75) is 133 Å². The molecule has 3 aromatic heterocycles. The highest BCUT2D eigenvalue weighted by Gasteiger charge is 2.30. The molecule has 0 radical (unpaired) electrons. The molecule has 5 rings (SSSR count). The van der Waals surface area contributed by atoms with Crippen molar-refractivity contribution in [3.05, 3.63) is 67.3 Å². The van der Waals surface area contributed by atoms with Gasteiger partial charge in [0, 0.05) is 57.2 Å². The van der Waals surface area contributed by atoms with Crippen molar-refractivity contribution in [1.29, 1.82) is 0 Å². The van der Waals surface area contributed by atoms with E-state index >= 15 is 0 Å². The van der Waals surface area contributed by atoms with Crippen molar-refractivity contribution in [1.82, 2.24) is 19.9 Å². The lowest BCUT2D eigenvalue weighted by Crippen LogP contribution is -2.02. The van der Waals surface area contributed by atoms with E-state index in [0.29, 0.717) is 37.1 Å². The van der Waals surface area contributed by atoms with E-state index in [9.17, 15) is 30.0 Å². The van der Waals surface area contributed by atoms with Crippen LogP contribution in [0, 0.1) is 13.8 Å². The lowest BCUT2D eigenvalue weighted by molar-refractivity contribution is -0.137. The number of nitrogens with zero attached hydrogens (tertiary/aromatic N) is 2. The molecule has 0 saturated heterocycles. The minimum absolute atomic E-state index is 0.0706.